The standard InChI is InChI=1S/C16H20N2O4/c19-16(14-5-1-2-6-15(14)18(20)21)17(10-12-7-8-12)11-13-4-3-9-22-13/h1-2,5-6,12-13H,3-4,7-11H2. The molecule has 0 N–H and O–H groups in total. The van der Waals surface area contributed by atoms with Gasteiger partial charge in [-0.15, -0.1) is 0 Å². The zero-order valence-corrected chi connectivity index (χ0v) is 12.4. The van der Waals surface area contributed by atoms with Gasteiger partial charge in [-0.25, -0.2) is 0 Å². The maximum atomic E-state index is 12.8. The molecule has 2 fully saturated rings. The van der Waals surface area contributed by atoms with E-state index in [9.17, 15) is 14.9 Å². The number of para-hydroxylation sites is 1. The van der Waals surface area contributed by atoms with Crippen molar-refractivity contribution >= 4 is 11.6 Å². The second-order valence-electron chi connectivity index (χ2n) is 6.06. The van der Waals surface area contributed by atoms with Gasteiger partial charge in [0.2, 0.25) is 0 Å². The van der Waals surface area contributed by atoms with Gasteiger partial charge in [0.1, 0.15) is 5.56 Å². The van der Waals surface area contributed by atoms with E-state index in [0.29, 0.717) is 19.0 Å². The molecule has 1 saturated heterocycles. The fraction of sp³-hybridized carbons (Fsp3) is 0.562. The first-order chi connectivity index (χ1) is 10.6. The van der Waals surface area contributed by atoms with Gasteiger partial charge in [-0.2, -0.15) is 0 Å². The van der Waals surface area contributed by atoms with Gasteiger partial charge in [-0.3, -0.25) is 14.9 Å². The predicted molar refractivity (Wildman–Crippen MR) is 80.7 cm³/mol. The Labute approximate surface area is 129 Å². The molecule has 6 nitrogen and oxygen atoms in total. The second kappa shape index (κ2) is 6.44. The van der Waals surface area contributed by atoms with Crippen LogP contribution in [0.15, 0.2) is 24.3 Å². The molecule has 0 radical (unpaired) electrons. The Hall–Kier alpha value is -1.95. The Morgan fingerprint density at radius 1 is 1.27 bits per heavy atom. The molecule has 1 atom stereocenters. The van der Waals surface area contributed by atoms with Crippen molar-refractivity contribution in [2.45, 2.75) is 31.8 Å². The van der Waals surface area contributed by atoms with Crippen LogP contribution in [0.3, 0.4) is 0 Å². The van der Waals surface area contributed by atoms with Crippen molar-refractivity contribution < 1.29 is 14.5 Å². The van der Waals surface area contributed by atoms with Crippen LogP contribution in [0.25, 0.3) is 0 Å². The van der Waals surface area contributed by atoms with E-state index in [1.165, 1.54) is 12.1 Å². The van der Waals surface area contributed by atoms with Crippen LogP contribution in [0, 0.1) is 16.0 Å². The number of hydrogen-bond acceptors (Lipinski definition) is 4. The third-order valence-electron chi connectivity index (χ3n) is 4.24. The number of carbonyl (C=O) groups is 1. The summed E-state index contributed by atoms with van der Waals surface area (Å²) in [6.07, 6.45) is 4.29. The summed E-state index contributed by atoms with van der Waals surface area (Å²) in [7, 11) is 0. The van der Waals surface area contributed by atoms with Crippen LogP contribution in [0.1, 0.15) is 36.0 Å². The van der Waals surface area contributed by atoms with Crippen molar-refractivity contribution in [2.75, 3.05) is 19.7 Å². The van der Waals surface area contributed by atoms with Crippen molar-refractivity contribution in [3.05, 3.63) is 39.9 Å². The number of benzene rings is 1. The predicted octanol–water partition coefficient (Wildman–Crippen LogP) is 2.63. The van der Waals surface area contributed by atoms with Crippen LogP contribution in [-0.2, 0) is 4.74 Å². The zero-order valence-electron chi connectivity index (χ0n) is 12.4. The molecule has 1 aliphatic heterocycles. The molecular weight excluding hydrogens is 284 g/mol. The Morgan fingerprint density at radius 2 is 2.05 bits per heavy atom. The maximum Gasteiger partial charge on any atom is 0.282 e. The zero-order chi connectivity index (χ0) is 15.5. The van der Waals surface area contributed by atoms with Gasteiger partial charge >= 0.3 is 0 Å². The van der Waals surface area contributed by atoms with E-state index in [4.69, 9.17) is 4.74 Å². The monoisotopic (exact) mass is 304 g/mol. The molecule has 0 aromatic heterocycles. The molecule has 3 rings (SSSR count). The van der Waals surface area contributed by atoms with Crippen molar-refractivity contribution in [3.8, 4) is 0 Å². The maximum absolute atomic E-state index is 12.8. The molecule has 1 amide bonds. The van der Waals surface area contributed by atoms with Gasteiger partial charge in [-0.05, 0) is 37.7 Å². The lowest BCUT2D eigenvalue weighted by molar-refractivity contribution is -0.385. The average Bonchev–Trinajstić information content (AvgIpc) is 3.19. The Balaban J connectivity index is 1.79. The number of hydrogen-bond donors (Lipinski definition) is 0. The smallest absolute Gasteiger partial charge is 0.282 e. The Kier molecular flexibility index (Phi) is 4.38. The topological polar surface area (TPSA) is 72.7 Å². The summed E-state index contributed by atoms with van der Waals surface area (Å²) in [5.41, 5.74) is 0.0479. The van der Waals surface area contributed by atoms with Gasteiger partial charge in [0.25, 0.3) is 11.6 Å². The minimum Gasteiger partial charge on any atom is -0.376 e. The van der Waals surface area contributed by atoms with E-state index < -0.39 is 4.92 Å². The van der Waals surface area contributed by atoms with Crippen molar-refractivity contribution in [1.29, 1.82) is 0 Å². The highest BCUT2D eigenvalue weighted by atomic mass is 16.6. The minimum atomic E-state index is -0.491. The number of nitrogens with zero attached hydrogens (tertiary/aromatic N) is 2. The molecule has 1 aromatic carbocycles. The largest absolute Gasteiger partial charge is 0.376 e. The van der Waals surface area contributed by atoms with E-state index in [2.05, 4.69) is 0 Å². The molecular formula is C16H20N2O4. The highest BCUT2D eigenvalue weighted by molar-refractivity contribution is 5.98. The molecule has 1 saturated carbocycles. The molecule has 2 aliphatic rings. The first-order valence-electron chi connectivity index (χ1n) is 7.79. The lowest BCUT2D eigenvalue weighted by Gasteiger charge is -2.25. The fourth-order valence-corrected chi connectivity index (χ4v) is 2.87. The number of nitro groups is 1. The molecule has 22 heavy (non-hydrogen) atoms. The quantitative estimate of drug-likeness (QED) is 0.598. The summed E-state index contributed by atoms with van der Waals surface area (Å²) in [5, 5.41) is 11.1. The third kappa shape index (κ3) is 3.44. The van der Waals surface area contributed by atoms with Gasteiger partial charge in [0, 0.05) is 25.8 Å². The highest BCUT2D eigenvalue weighted by Crippen LogP contribution is 2.31. The average molecular weight is 304 g/mol. The summed E-state index contributed by atoms with van der Waals surface area (Å²) < 4.78 is 5.62. The minimum absolute atomic E-state index is 0.0606. The van der Waals surface area contributed by atoms with Crippen LogP contribution < -0.4 is 0 Å². The summed E-state index contributed by atoms with van der Waals surface area (Å²) in [5.74, 6) is 0.280. The van der Waals surface area contributed by atoms with Gasteiger partial charge in [0.15, 0.2) is 0 Å². The third-order valence-corrected chi connectivity index (χ3v) is 4.24. The number of carbonyl (C=O) groups excluding carboxylic acids is 1. The number of rotatable bonds is 6. The molecule has 0 bridgehead atoms. The second-order valence-corrected chi connectivity index (χ2v) is 6.06. The van der Waals surface area contributed by atoms with Crippen molar-refractivity contribution in [2.24, 2.45) is 5.92 Å². The summed E-state index contributed by atoms with van der Waals surface area (Å²) in [6, 6.07) is 6.17. The first-order valence-corrected chi connectivity index (χ1v) is 7.79. The normalized spacial score (nSPS) is 20.8. The van der Waals surface area contributed by atoms with Crippen LogP contribution in [-0.4, -0.2) is 41.5 Å². The summed E-state index contributed by atoms with van der Waals surface area (Å²) in [4.78, 5) is 25.2. The molecule has 1 aromatic rings. The van der Waals surface area contributed by atoms with E-state index in [1.54, 1.807) is 17.0 Å². The number of ether oxygens (including phenoxy) is 1. The molecule has 1 unspecified atom stereocenters. The molecule has 1 heterocycles. The summed E-state index contributed by atoms with van der Waals surface area (Å²) in [6.45, 7) is 1.94. The van der Waals surface area contributed by atoms with E-state index in [0.717, 1.165) is 32.3 Å². The van der Waals surface area contributed by atoms with E-state index in [1.807, 2.05) is 0 Å². The molecule has 1 aliphatic carbocycles. The highest BCUT2D eigenvalue weighted by Gasteiger charge is 2.32. The number of nitro benzene ring substituents is 1. The van der Waals surface area contributed by atoms with Crippen molar-refractivity contribution in [3.63, 3.8) is 0 Å². The van der Waals surface area contributed by atoms with E-state index in [-0.39, 0.29) is 23.3 Å². The van der Waals surface area contributed by atoms with Crippen LogP contribution in [0.2, 0.25) is 0 Å². The van der Waals surface area contributed by atoms with Gasteiger partial charge < -0.3 is 9.64 Å². The summed E-state index contributed by atoms with van der Waals surface area (Å²) >= 11 is 0. The lowest BCUT2D eigenvalue weighted by atomic mass is 10.1. The van der Waals surface area contributed by atoms with Crippen LogP contribution in [0.5, 0.6) is 0 Å². The van der Waals surface area contributed by atoms with E-state index >= 15 is 0 Å². The van der Waals surface area contributed by atoms with Gasteiger partial charge in [0.05, 0.1) is 11.0 Å². The molecule has 6 heteroatoms. The first kappa shape index (κ1) is 15.0. The van der Waals surface area contributed by atoms with Gasteiger partial charge in [-0.1, -0.05) is 12.1 Å². The van der Waals surface area contributed by atoms with Crippen LogP contribution >= 0.6 is 0 Å². The molecule has 0 spiro atoms. The van der Waals surface area contributed by atoms with Crippen LogP contribution in [0.4, 0.5) is 5.69 Å². The Bertz CT molecular complexity index is 565. The number of amides is 1. The SMILES string of the molecule is O=C(c1ccccc1[N+](=O)[O-])N(CC1CC1)CC1CCCO1. The van der Waals surface area contributed by atoms with Crippen molar-refractivity contribution in [1.82, 2.24) is 4.90 Å². The Morgan fingerprint density at radius 3 is 2.68 bits per heavy atom. The molecule has 118 valence electrons. The fourth-order valence-electron chi connectivity index (χ4n) is 2.87. The lowest BCUT2D eigenvalue weighted by Crippen LogP contribution is -2.39.